The molecule has 0 saturated heterocycles. The van der Waals surface area contributed by atoms with E-state index in [-0.39, 0.29) is 11.2 Å². The highest BCUT2D eigenvalue weighted by atomic mass is 16.4. The van der Waals surface area contributed by atoms with Crippen molar-refractivity contribution >= 4 is 16.9 Å². The average Bonchev–Trinajstić information content (AvgIpc) is 3.08. The molecule has 4 nitrogen and oxygen atoms in total. The van der Waals surface area contributed by atoms with E-state index in [1.165, 1.54) is 0 Å². The lowest BCUT2D eigenvalue weighted by molar-refractivity contribution is -0.117. The second kappa shape index (κ2) is 7.70. The smallest absolute Gasteiger partial charge is 0.227 e. The largest absolute Gasteiger partial charge is 0.441 e. The number of pyridine rings is 1. The fraction of sp³-hybridized carbons (Fsp3) is 0.375. The maximum absolute atomic E-state index is 13.3. The molecule has 28 heavy (non-hydrogen) atoms. The topological polar surface area (TPSA) is 56.0 Å². The van der Waals surface area contributed by atoms with Gasteiger partial charge in [0, 0.05) is 47.5 Å². The summed E-state index contributed by atoms with van der Waals surface area (Å²) in [6.07, 6.45) is 7.40. The summed E-state index contributed by atoms with van der Waals surface area (Å²) in [7, 11) is 0. The van der Waals surface area contributed by atoms with Crippen molar-refractivity contribution in [2.24, 2.45) is 5.41 Å². The lowest BCUT2D eigenvalue weighted by Crippen LogP contribution is -2.26. The number of carbonyl (C=O) groups is 1. The van der Waals surface area contributed by atoms with Crippen LogP contribution in [0.4, 0.5) is 0 Å². The predicted molar refractivity (Wildman–Crippen MR) is 112 cm³/mol. The molecule has 0 N–H and O–H groups in total. The number of ketones is 1. The van der Waals surface area contributed by atoms with Crippen molar-refractivity contribution in [3.05, 3.63) is 71.2 Å². The molecule has 3 rings (SSSR count). The Labute approximate surface area is 167 Å². The highest BCUT2D eigenvalue weighted by Crippen LogP contribution is 2.44. The van der Waals surface area contributed by atoms with Crippen LogP contribution in [-0.4, -0.2) is 15.8 Å². The number of allylic oxidation sites excluding steroid dienone is 5. The number of Topliss-reactive ketones (excluding diaryl/α,β-unsaturated/α-hetero) is 1. The van der Waals surface area contributed by atoms with Gasteiger partial charge in [-0.25, -0.2) is 4.98 Å². The molecule has 0 aliphatic heterocycles. The standard InChI is InChI=1S/C24H28N2O2/c1-7-18-14-26-23(28-18)20(15(2)3)22(17-9-8-10-25-13-17)21-16(4)11-24(5,6)12-19(21)27/h8-10,13-14H,2,7,11-12H2,1,3-6H3/b22-20+. The summed E-state index contributed by atoms with van der Waals surface area (Å²) >= 11 is 0. The molecule has 2 heterocycles. The summed E-state index contributed by atoms with van der Waals surface area (Å²) in [6, 6.07) is 3.85. The average molecular weight is 377 g/mol. The first-order valence-electron chi connectivity index (χ1n) is 9.72. The van der Waals surface area contributed by atoms with Crippen LogP contribution >= 0.6 is 0 Å². The van der Waals surface area contributed by atoms with Gasteiger partial charge in [0.15, 0.2) is 5.78 Å². The molecule has 2 aromatic rings. The summed E-state index contributed by atoms with van der Waals surface area (Å²) in [5.74, 6) is 1.45. The summed E-state index contributed by atoms with van der Waals surface area (Å²) in [4.78, 5) is 22.0. The molecule has 0 amide bonds. The van der Waals surface area contributed by atoms with E-state index in [4.69, 9.17) is 4.42 Å². The summed E-state index contributed by atoms with van der Waals surface area (Å²) in [6.45, 7) is 14.5. The first kappa shape index (κ1) is 20.0. The third-order valence-electron chi connectivity index (χ3n) is 5.08. The number of hydrogen-bond donors (Lipinski definition) is 0. The Kier molecular flexibility index (Phi) is 5.50. The molecule has 0 unspecified atom stereocenters. The molecule has 0 aromatic carbocycles. The zero-order valence-corrected chi connectivity index (χ0v) is 17.4. The highest BCUT2D eigenvalue weighted by molar-refractivity contribution is 6.18. The van der Waals surface area contributed by atoms with E-state index in [0.717, 1.165) is 52.0 Å². The molecule has 1 aliphatic rings. The Hall–Kier alpha value is -2.75. The van der Waals surface area contributed by atoms with Gasteiger partial charge in [-0.3, -0.25) is 9.78 Å². The van der Waals surface area contributed by atoms with E-state index in [1.54, 1.807) is 18.6 Å². The van der Waals surface area contributed by atoms with Gasteiger partial charge in [0.05, 0.1) is 6.20 Å². The maximum atomic E-state index is 13.3. The van der Waals surface area contributed by atoms with E-state index in [1.807, 2.05) is 32.9 Å². The minimum atomic E-state index is -0.0353. The van der Waals surface area contributed by atoms with Gasteiger partial charge >= 0.3 is 0 Å². The van der Waals surface area contributed by atoms with E-state index >= 15 is 0 Å². The molecule has 0 spiro atoms. The van der Waals surface area contributed by atoms with Gasteiger partial charge in [-0.1, -0.05) is 39.0 Å². The minimum absolute atomic E-state index is 0.0353. The highest BCUT2D eigenvalue weighted by Gasteiger charge is 2.34. The number of aryl methyl sites for hydroxylation is 1. The predicted octanol–water partition coefficient (Wildman–Crippen LogP) is 5.82. The van der Waals surface area contributed by atoms with Crippen LogP contribution in [0.25, 0.3) is 11.1 Å². The zero-order chi connectivity index (χ0) is 20.5. The number of nitrogens with zero attached hydrogens (tertiary/aromatic N) is 2. The lowest BCUT2D eigenvalue weighted by atomic mass is 9.71. The molecule has 0 bridgehead atoms. The van der Waals surface area contributed by atoms with E-state index in [2.05, 4.69) is 30.4 Å². The van der Waals surface area contributed by atoms with Crippen molar-refractivity contribution in [2.45, 2.75) is 53.9 Å². The van der Waals surface area contributed by atoms with Gasteiger partial charge in [0.25, 0.3) is 0 Å². The van der Waals surface area contributed by atoms with Crippen molar-refractivity contribution in [3.63, 3.8) is 0 Å². The van der Waals surface area contributed by atoms with Crippen molar-refractivity contribution in [2.75, 3.05) is 0 Å². The van der Waals surface area contributed by atoms with Crippen molar-refractivity contribution in [3.8, 4) is 0 Å². The Morgan fingerprint density at radius 3 is 2.57 bits per heavy atom. The first-order valence-corrected chi connectivity index (χ1v) is 9.72. The minimum Gasteiger partial charge on any atom is -0.441 e. The second-order valence-electron chi connectivity index (χ2n) is 8.35. The molecular weight excluding hydrogens is 348 g/mol. The van der Waals surface area contributed by atoms with Gasteiger partial charge in [0.2, 0.25) is 5.89 Å². The van der Waals surface area contributed by atoms with Crippen molar-refractivity contribution < 1.29 is 9.21 Å². The van der Waals surface area contributed by atoms with Crippen molar-refractivity contribution in [1.29, 1.82) is 0 Å². The fourth-order valence-corrected chi connectivity index (χ4v) is 4.00. The summed E-state index contributed by atoms with van der Waals surface area (Å²) in [5.41, 5.74) is 5.08. The zero-order valence-electron chi connectivity index (χ0n) is 17.4. The molecular formula is C24H28N2O2. The number of oxazole rings is 1. The molecule has 2 aromatic heterocycles. The van der Waals surface area contributed by atoms with Crippen LogP contribution in [0.2, 0.25) is 0 Å². The van der Waals surface area contributed by atoms with Crippen LogP contribution < -0.4 is 0 Å². The van der Waals surface area contributed by atoms with Crippen LogP contribution in [0.15, 0.2) is 58.4 Å². The Balaban J connectivity index is 2.35. The molecule has 0 atom stereocenters. The Bertz CT molecular complexity index is 975. The van der Waals surface area contributed by atoms with Crippen LogP contribution in [0.1, 0.15) is 64.7 Å². The van der Waals surface area contributed by atoms with Crippen molar-refractivity contribution in [1.82, 2.24) is 9.97 Å². The van der Waals surface area contributed by atoms with Crippen LogP contribution in [-0.2, 0) is 11.2 Å². The third-order valence-corrected chi connectivity index (χ3v) is 5.08. The van der Waals surface area contributed by atoms with Crippen LogP contribution in [0.5, 0.6) is 0 Å². The van der Waals surface area contributed by atoms with E-state index in [9.17, 15) is 4.79 Å². The Morgan fingerprint density at radius 1 is 1.29 bits per heavy atom. The molecule has 146 valence electrons. The maximum Gasteiger partial charge on any atom is 0.227 e. The van der Waals surface area contributed by atoms with Gasteiger partial charge in [-0.15, -0.1) is 0 Å². The number of aromatic nitrogens is 2. The van der Waals surface area contributed by atoms with Gasteiger partial charge < -0.3 is 4.42 Å². The van der Waals surface area contributed by atoms with Gasteiger partial charge in [0.1, 0.15) is 5.76 Å². The lowest BCUT2D eigenvalue weighted by Gasteiger charge is -2.32. The van der Waals surface area contributed by atoms with Crippen LogP contribution in [0.3, 0.4) is 0 Å². The number of carbonyl (C=O) groups excluding carboxylic acids is 1. The van der Waals surface area contributed by atoms with Gasteiger partial charge in [-0.05, 0) is 37.3 Å². The molecule has 0 saturated carbocycles. The normalized spacial score (nSPS) is 17.5. The molecule has 4 heteroatoms. The Morgan fingerprint density at radius 2 is 2.04 bits per heavy atom. The monoisotopic (exact) mass is 376 g/mol. The molecule has 1 aliphatic carbocycles. The quantitative estimate of drug-likeness (QED) is 0.617. The number of hydrogen-bond acceptors (Lipinski definition) is 4. The SMILES string of the molecule is C=C(C)/C(=C(\C1=C(C)CC(C)(C)CC1=O)c1cccnc1)c1ncc(CC)o1. The first-order chi connectivity index (χ1) is 13.2. The second-order valence-corrected chi connectivity index (χ2v) is 8.35. The number of rotatable bonds is 5. The van der Waals surface area contributed by atoms with E-state index in [0.29, 0.717) is 12.3 Å². The third kappa shape index (κ3) is 3.91. The van der Waals surface area contributed by atoms with Crippen LogP contribution in [0, 0.1) is 5.41 Å². The molecule has 0 radical (unpaired) electrons. The van der Waals surface area contributed by atoms with E-state index < -0.39 is 0 Å². The van der Waals surface area contributed by atoms with Gasteiger partial charge in [-0.2, -0.15) is 0 Å². The summed E-state index contributed by atoms with van der Waals surface area (Å²) < 4.78 is 5.98. The fourth-order valence-electron chi connectivity index (χ4n) is 4.00. The molecule has 0 fully saturated rings. The summed E-state index contributed by atoms with van der Waals surface area (Å²) in [5, 5.41) is 0.